The summed E-state index contributed by atoms with van der Waals surface area (Å²) >= 11 is 0. The van der Waals surface area contributed by atoms with Crippen LogP contribution in [0, 0.1) is 5.92 Å². The van der Waals surface area contributed by atoms with E-state index in [0.29, 0.717) is 12.0 Å². The lowest BCUT2D eigenvalue weighted by Gasteiger charge is -2.35. The van der Waals surface area contributed by atoms with Crippen LogP contribution in [0.3, 0.4) is 0 Å². The highest BCUT2D eigenvalue weighted by molar-refractivity contribution is 5.81. The van der Waals surface area contributed by atoms with Crippen molar-refractivity contribution in [2.75, 3.05) is 19.6 Å². The van der Waals surface area contributed by atoms with Gasteiger partial charge in [-0.2, -0.15) is 5.10 Å². The minimum Gasteiger partial charge on any atom is -0.311 e. The van der Waals surface area contributed by atoms with E-state index in [0.717, 1.165) is 32.7 Å². The highest BCUT2D eigenvalue weighted by Crippen LogP contribution is 2.20. The lowest BCUT2D eigenvalue weighted by molar-refractivity contribution is 0.167. The van der Waals surface area contributed by atoms with Gasteiger partial charge in [0.1, 0.15) is 0 Å². The summed E-state index contributed by atoms with van der Waals surface area (Å²) in [5, 5.41) is 9.75. The van der Waals surface area contributed by atoms with Crippen LogP contribution in [0.25, 0.3) is 10.9 Å². The van der Waals surface area contributed by atoms with Crippen LogP contribution < -0.4 is 5.32 Å². The first kappa shape index (κ1) is 14.5. The number of para-hydroxylation sites is 1. The van der Waals surface area contributed by atoms with Gasteiger partial charge < -0.3 is 5.32 Å². The number of aromatic nitrogens is 2. The van der Waals surface area contributed by atoms with E-state index in [1.165, 1.54) is 16.6 Å². The largest absolute Gasteiger partial charge is 0.311 e. The van der Waals surface area contributed by atoms with Gasteiger partial charge in [0.25, 0.3) is 0 Å². The number of nitrogens with zero attached hydrogens (tertiary/aromatic N) is 3. The second kappa shape index (κ2) is 6.16. The van der Waals surface area contributed by atoms with Crippen molar-refractivity contribution in [3.63, 3.8) is 0 Å². The fourth-order valence-corrected chi connectivity index (χ4v) is 3.20. The van der Waals surface area contributed by atoms with Crippen molar-refractivity contribution >= 4 is 10.9 Å². The zero-order valence-electron chi connectivity index (χ0n) is 13.3. The standard InChI is InChI=1S/C17H26N4/c1-4-21-17-8-6-5-7-14(17)16(19-21)12-20-10-9-18-15(11-20)13(2)3/h5-8,13,15,18H,4,9-12H2,1-3H3. The molecule has 2 heterocycles. The van der Waals surface area contributed by atoms with E-state index in [1.807, 2.05) is 0 Å². The molecule has 1 N–H and O–H groups in total. The normalized spacial score (nSPS) is 20.5. The second-order valence-electron chi connectivity index (χ2n) is 6.32. The van der Waals surface area contributed by atoms with Crippen LogP contribution in [0.5, 0.6) is 0 Å². The first-order valence-electron chi connectivity index (χ1n) is 8.09. The van der Waals surface area contributed by atoms with Gasteiger partial charge in [0.15, 0.2) is 0 Å². The quantitative estimate of drug-likeness (QED) is 0.937. The van der Waals surface area contributed by atoms with E-state index in [9.17, 15) is 0 Å². The summed E-state index contributed by atoms with van der Waals surface area (Å²) in [4.78, 5) is 2.54. The molecule has 0 aliphatic carbocycles. The van der Waals surface area contributed by atoms with Gasteiger partial charge in [0.05, 0.1) is 11.2 Å². The molecule has 0 saturated carbocycles. The third-order valence-corrected chi connectivity index (χ3v) is 4.50. The van der Waals surface area contributed by atoms with Crippen molar-refractivity contribution in [1.29, 1.82) is 0 Å². The van der Waals surface area contributed by atoms with Crippen LogP contribution in [0.15, 0.2) is 24.3 Å². The monoisotopic (exact) mass is 286 g/mol. The molecule has 1 saturated heterocycles. The predicted molar refractivity (Wildman–Crippen MR) is 87.3 cm³/mol. The van der Waals surface area contributed by atoms with Gasteiger partial charge in [-0.25, -0.2) is 0 Å². The van der Waals surface area contributed by atoms with E-state index in [-0.39, 0.29) is 0 Å². The summed E-state index contributed by atoms with van der Waals surface area (Å²) in [7, 11) is 0. The zero-order valence-corrected chi connectivity index (χ0v) is 13.3. The summed E-state index contributed by atoms with van der Waals surface area (Å²) in [5.41, 5.74) is 2.47. The van der Waals surface area contributed by atoms with Crippen molar-refractivity contribution in [3.05, 3.63) is 30.0 Å². The Kier molecular flexibility index (Phi) is 4.27. The highest BCUT2D eigenvalue weighted by atomic mass is 15.3. The maximum atomic E-state index is 4.83. The van der Waals surface area contributed by atoms with E-state index in [4.69, 9.17) is 5.10 Å². The molecule has 1 aromatic carbocycles. The number of piperazine rings is 1. The molecular weight excluding hydrogens is 260 g/mol. The van der Waals surface area contributed by atoms with E-state index < -0.39 is 0 Å². The average molecular weight is 286 g/mol. The number of rotatable bonds is 4. The first-order valence-corrected chi connectivity index (χ1v) is 8.09. The Bertz CT molecular complexity index is 602. The lowest BCUT2D eigenvalue weighted by atomic mass is 10.0. The van der Waals surface area contributed by atoms with Crippen molar-refractivity contribution in [2.24, 2.45) is 5.92 Å². The Morgan fingerprint density at radius 2 is 2.14 bits per heavy atom. The Balaban J connectivity index is 1.81. The van der Waals surface area contributed by atoms with Crippen LogP contribution >= 0.6 is 0 Å². The smallest absolute Gasteiger partial charge is 0.0843 e. The van der Waals surface area contributed by atoms with Crippen LogP contribution in [-0.2, 0) is 13.1 Å². The topological polar surface area (TPSA) is 33.1 Å². The van der Waals surface area contributed by atoms with Crippen molar-refractivity contribution in [2.45, 2.75) is 39.9 Å². The number of fused-ring (bicyclic) bond motifs is 1. The molecule has 1 aromatic heterocycles. The Hall–Kier alpha value is -1.39. The van der Waals surface area contributed by atoms with Crippen molar-refractivity contribution < 1.29 is 0 Å². The van der Waals surface area contributed by atoms with E-state index in [2.05, 4.69) is 59.9 Å². The van der Waals surface area contributed by atoms with Crippen LogP contribution in [0.4, 0.5) is 0 Å². The van der Waals surface area contributed by atoms with Crippen LogP contribution in [0.1, 0.15) is 26.5 Å². The summed E-state index contributed by atoms with van der Waals surface area (Å²) < 4.78 is 2.12. The number of benzene rings is 1. The summed E-state index contributed by atoms with van der Waals surface area (Å²) in [6.45, 7) is 11.9. The molecule has 114 valence electrons. The number of hydrogen-bond donors (Lipinski definition) is 1. The predicted octanol–water partition coefficient (Wildman–Crippen LogP) is 2.49. The van der Waals surface area contributed by atoms with Gasteiger partial charge in [-0.05, 0) is 18.9 Å². The van der Waals surface area contributed by atoms with Crippen molar-refractivity contribution in [1.82, 2.24) is 20.0 Å². The molecule has 3 rings (SSSR count). The number of hydrogen-bond acceptors (Lipinski definition) is 3. The number of aryl methyl sites for hydroxylation is 1. The molecule has 0 amide bonds. The molecule has 1 atom stereocenters. The first-order chi connectivity index (χ1) is 10.2. The third kappa shape index (κ3) is 2.97. The molecule has 4 heteroatoms. The fourth-order valence-electron chi connectivity index (χ4n) is 3.20. The minimum atomic E-state index is 0.596. The Morgan fingerprint density at radius 3 is 2.90 bits per heavy atom. The molecule has 1 unspecified atom stereocenters. The summed E-state index contributed by atoms with van der Waals surface area (Å²) in [6, 6.07) is 9.18. The minimum absolute atomic E-state index is 0.596. The Labute approximate surface area is 127 Å². The van der Waals surface area contributed by atoms with E-state index in [1.54, 1.807) is 0 Å². The molecule has 1 aliphatic rings. The molecule has 1 aliphatic heterocycles. The summed E-state index contributed by atoms with van der Waals surface area (Å²) in [6.07, 6.45) is 0. The molecular formula is C17H26N4. The number of nitrogens with one attached hydrogen (secondary N) is 1. The maximum absolute atomic E-state index is 4.83. The van der Waals surface area contributed by atoms with Gasteiger partial charge in [-0.1, -0.05) is 32.0 Å². The molecule has 1 fully saturated rings. The van der Waals surface area contributed by atoms with Gasteiger partial charge in [0, 0.05) is 44.2 Å². The van der Waals surface area contributed by atoms with Gasteiger partial charge >= 0.3 is 0 Å². The lowest BCUT2D eigenvalue weighted by Crippen LogP contribution is -2.52. The van der Waals surface area contributed by atoms with Crippen molar-refractivity contribution in [3.8, 4) is 0 Å². The average Bonchev–Trinajstić information content (AvgIpc) is 2.86. The Morgan fingerprint density at radius 1 is 1.33 bits per heavy atom. The molecule has 0 radical (unpaired) electrons. The fraction of sp³-hybridized carbons (Fsp3) is 0.588. The molecule has 21 heavy (non-hydrogen) atoms. The van der Waals surface area contributed by atoms with E-state index >= 15 is 0 Å². The van der Waals surface area contributed by atoms with Gasteiger partial charge in [-0.3, -0.25) is 9.58 Å². The molecule has 2 aromatic rings. The zero-order chi connectivity index (χ0) is 14.8. The second-order valence-corrected chi connectivity index (χ2v) is 6.32. The summed E-state index contributed by atoms with van der Waals surface area (Å²) in [5.74, 6) is 0.678. The molecule has 0 bridgehead atoms. The van der Waals surface area contributed by atoms with Crippen LogP contribution in [-0.4, -0.2) is 40.4 Å². The molecule has 0 spiro atoms. The van der Waals surface area contributed by atoms with Crippen LogP contribution in [0.2, 0.25) is 0 Å². The highest BCUT2D eigenvalue weighted by Gasteiger charge is 2.23. The van der Waals surface area contributed by atoms with Gasteiger partial charge in [0.2, 0.25) is 0 Å². The van der Waals surface area contributed by atoms with Gasteiger partial charge in [-0.15, -0.1) is 0 Å². The third-order valence-electron chi connectivity index (χ3n) is 4.50. The maximum Gasteiger partial charge on any atom is 0.0843 e. The molecule has 4 nitrogen and oxygen atoms in total. The SMILES string of the molecule is CCn1nc(CN2CCNC(C(C)C)C2)c2ccccc21.